The highest BCUT2D eigenvalue weighted by Crippen LogP contribution is 2.32. The molecule has 6 nitrogen and oxygen atoms in total. The van der Waals surface area contributed by atoms with E-state index in [2.05, 4.69) is 0 Å². The molecule has 0 saturated carbocycles. The summed E-state index contributed by atoms with van der Waals surface area (Å²) < 4.78 is 22.5. The summed E-state index contributed by atoms with van der Waals surface area (Å²) in [4.78, 5) is 26.0. The average Bonchev–Trinajstić information content (AvgIpc) is 2.83. The van der Waals surface area contributed by atoms with Gasteiger partial charge >= 0.3 is 0 Å². The first-order valence-electron chi connectivity index (χ1n) is 10.6. The van der Waals surface area contributed by atoms with E-state index < -0.39 is 0 Å². The molecule has 0 fully saturated rings. The van der Waals surface area contributed by atoms with Crippen LogP contribution in [0.5, 0.6) is 17.2 Å². The van der Waals surface area contributed by atoms with E-state index in [0.717, 1.165) is 5.56 Å². The molecular formula is C27H24O6. The van der Waals surface area contributed by atoms with E-state index in [1.807, 2.05) is 19.9 Å². The van der Waals surface area contributed by atoms with Crippen molar-refractivity contribution in [2.45, 2.75) is 13.8 Å². The van der Waals surface area contributed by atoms with Crippen LogP contribution < -0.4 is 19.6 Å². The van der Waals surface area contributed by atoms with Crippen molar-refractivity contribution in [2.75, 3.05) is 20.3 Å². The first kappa shape index (κ1) is 22.1. The maximum Gasteiger partial charge on any atom is 0.235 e. The number of Topliss-reactive ketones (excluding diaryl/α,β-unsaturated/α-hetero) is 1. The summed E-state index contributed by atoms with van der Waals surface area (Å²) in [5.74, 6) is 1.35. The van der Waals surface area contributed by atoms with Crippen LogP contribution in [0.3, 0.4) is 0 Å². The lowest BCUT2D eigenvalue weighted by Crippen LogP contribution is -2.17. The van der Waals surface area contributed by atoms with Gasteiger partial charge in [0, 0.05) is 11.1 Å². The van der Waals surface area contributed by atoms with Crippen molar-refractivity contribution >= 4 is 16.8 Å². The lowest BCUT2D eigenvalue weighted by molar-refractivity contribution is 0.0920. The molecule has 4 rings (SSSR count). The predicted molar refractivity (Wildman–Crippen MR) is 127 cm³/mol. The summed E-state index contributed by atoms with van der Waals surface area (Å²) in [6.45, 7) is 4.05. The third kappa shape index (κ3) is 4.75. The Kier molecular flexibility index (Phi) is 6.45. The van der Waals surface area contributed by atoms with E-state index in [1.54, 1.807) is 67.8 Å². The molecule has 1 aromatic heterocycles. The third-order valence-electron chi connectivity index (χ3n) is 5.19. The van der Waals surface area contributed by atoms with Crippen LogP contribution >= 0.6 is 0 Å². The fourth-order valence-corrected chi connectivity index (χ4v) is 3.47. The van der Waals surface area contributed by atoms with Crippen molar-refractivity contribution in [1.29, 1.82) is 0 Å². The Morgan fingerprint density at radius 1 is 0.909 bits per heavy atom. The highest BCUT2D eigenvalue weighted by atomic mass is 16.5. The van der Waals surface area contributed by atoms with Crippen molar-refractivity contribution in [3.8, 4) is 28.6 Å². The number of hydrogen-bond donors (Lipinski definition) is 0. The molecule has 0 aliphatic rings. The van der Waals surface area contributed by atoms with E-state index in [-0.39, 0.29) is 29.3 Å². The zero-order valence-corrected chi connectivity index (χ0v) is 18.7. The van der Waals surface area contributed by atoms with Gasteiger partial charge in [0.1, 0.15) is 17.1 Å². The molecule has 168 valence electrons. The second-order valence-electron chi connectivity index (χ2n) is 7.49. The smallest absolute Gasteiger partial charge is 0.235 e. The Hall–Kier alpha value is -4.06. The number of carbonyl (C=O) groups excluding carboxylic acids is 1. The Balaban J connectivity index is 1.70. The number of fused-ring (bicyclic) bond motifs is 1. The van der Waals surface area contributed by atoms with E-state index >= 15 is 0 Å². The molecule has 33 heavy (non-hydrogen) atoms. The fourth-order valence-electron chi connectivity index (χ4n) is 3.47. The minimum Gasteiger partial charge on any atom is -0.497 e. The molecule has 0 bridgehead atoms. The van der Waals surface area contributed by atoms with Crippen LogP contribution in [0.25, 0.3) is 22.3 Å². The van der Waals surface area contributed by atoms with Crippen LogP contribution in [0.4, 0.5) is 0 Å². The standard InChI is InChI=1S/C27H24O6/c1-4-31-21-12-6-18(7-13-21)23(28)16-32-27-25(29)22-14-5-17(2)15-24(22)33-26(27)19-8-10-20(30-3)11-9-19/h5-15H,4,16H2,1-3H3. The Labute approximate surface area is 191 Å². The largest absolute Gasteiger partial charge is 0.497 e. The average molecular weight is 444 g/mol. The second kappa shape index (κ2) is 9.61. The van der Waals surface area contributed by atoms with Gasteiger partial charge in [0.15, 0.2) is 18.2 Å². The van der Waals surface area contributed by atoms with Gasteiger partial charge in [0.2, 0.25) is 11.2 Å². The zero-order valence-electron chi connectivity index (χ0n) is 18.7. The molecule has 1 heterocycles. The number of methoxy groups -OCH3 is 1. The van der Waals surface area contributed by atoms with E-state index in [1.165, 1.54) is 0 Å². The van der Waals surface area contributed by atoms with E-state index in [0.29, 0.717) is 40.2 Å². The maximum atomic E-state index is 13.3. The third-order valence-corrected chi connectivity index (χ3v) is 5.19. The van der Waals surface area contributed by atoms with Crippen LogP contribution in [-0.4, -0.2) is 26.1 Å². The molecule has 0 aliphatic heterocycles. The van der Waals surface area contributed by atoms with Crippen molar-refractivity contribution < 1.29 is 23.4 Å². The van der Waals surface area contributed by atoms with Gasteiger partial charge in [0.05, 0.1) is 19.1 Å². The molecule has 0 unspecified atom stereocenters. The molecule has 0 radical (unpaired) electrons. The maximum absolute atomic E-state index is 13.3. The summed E-state index contributed by atoms with van der Waals surface area (Å²) in [5.41, 5.74) is 2.19. The van der Waals surface area contributed by atoms with Crippen LogP contribution in [0.1, 0.15) is 22.8 Å². The van der Waals surface area contributed by atoms with Crippen LogP contribution in [-0.2, 0) is 0 Å². The van der Waals surface area contributed by atoms with Crippen molar-refractivity contribution in [3.05, 3.63) is 88.1 Å². The van der Waals surface area contributed by atoms with Gasteiger partial charge in [-0.2, -0.15) is 0 Å². The first-order chi connectivity index (χ1) is 16.0. The van der Waals surface area contributed by atoms with Crippen LogP contribution in [0.15, 0.2) is 75.9 Å². The number of ether oxygens (including phenoxy) is 3. The molecule has 3 aromatic carbocycles. The molecule has 0 atom stereocenters. The minimum absolute atomic E-state index is 0.00388. The minimum atomic E-state index is -0.332. The van der Waals surface area contributed by atoms with Crippen molar-refractivity contribution in [1.82, 2.24) is 0 Å². The summed E-state index contributed by atoms with van der Waals surface area (Å²) in [5, 5.41) is 0.390. The van der Waals surface area contributed by atoms with Gasteiger partial charge in [-0.3, -0.25) is 9.59 Å². The van der Waals surface area contributed by atoms with Gasteiger partial charge in [-0.15, -0.1) is 0 Å². The number of benzene rings is 3. The van der Waals surface area contributed by atoms with Crippen molar-refractivity contribution in [3.63, 3.8) is 0 Å². The van der Waals surface area contributed by atoms with E-state index in [9.17, 15) is 9.59 Å². The Morgan fingerprint density at radius 3 is 2.27 bits per heavy atom. The number of carbonyl (C=O) groups is 1. The number of aryl methyl sites for hydroxylation is 1. The Morgan fingerprint density at radius 2 is 1.61 bits per heavy atom. The van der Waals surface area contributed by atoms with E-state index in [4.69, 9.17) is 18.6 Å². The highest BCUT2D eigenvalue weighted by Gasteiger charge is 2.19. The normalized spacial score (nSPS) is 10.8. The zero-order chi connectivity index (χ0) is 23.4. The lowest BCUT2D eigenvalue weighted by Gasteiger charge is -2.12. The molecule has 0 amide bonds. The first-order valence-corrected chi connectivity index (χ1v) is 10.6. The monoisotopic (exact) mass is 444 g/mol. The molecular weight excluding hydrogens is 420 g/mol. The second-order valence-corrected chi connectivity index (χ2v) is 7.49. The van der Waals surface area contributed by atoms with Crippen LogP contribution in [0, 0.1) is 6.92 Å². The molecule has 0 N–H and O–H groups in total. The molecule has 0 spiro atoms. The molecule has 0 aliphatic carbocycles. The number of hydrogen-bond acceptors (Lipinski definition) is 6. The summed E-state index contributed by atoms with van der Waals surface area (Å²) >= 11 is 0. The number of ketones is 1. The highest BCUT2D eigenvalue weighted by molar-refractivity contribution is 5.97. The quantitative estimate of drug-likeness (QED) is 0.337. The molecule has 4 aromatic rings. The number of rotatable bonds is 8. The topological polar surface area (TPSA) is 75.0 Å². The van der Waals surface area contributed by atoms with Gasteiger partial charge in [-0.05, 0) is 80.1 Å². The lowest BCUT2D eigenvalue weighted by atomic mass is 10.1. The van der Waals surface area contributed by atoms with Crippen molar-refractivity contribution in [2.24, 2.45) is 0 Å². The van der Waals surface area contributed by atoms with Gasteiger partial charge in [-0.1, -0.05) is 6.07 Å². The summed E-state index contributed by atoms with van der Waals surface area (Å²) in [6.07, 6.45) is 0. The van der Waals surface area contributed by atoms with Gasteiger partial charge < -0.3 is 18.6 Å². The van der Waals surface area contributed by atoms with Gasteiger partial charge in [0.25, 0.3) is 0 Å². The SMILES string of the molecule is CCOc1ccc(C(=O)COc2c(-c3ccc(OC)cc3)oc3cc(C)ccc3c2=O)cc1. The Bertz CT molecular complexity index is 1330. The summed E-state index contributed by atoms with van der Waals surface area (Å²) in [6, 6.07) is 19.2. The fraction of sp³-hybridized carbons (Fsp3) is 0.185. The van der Waals surface area contributed by atoms with Gasteiger partial charge in [-0.25, -0.2) is 0 Å². The molecule has 0 saturated heterocycles. The van der Waals surface area contributed by atoms with Crippen LogP contribution in [0.2, 0.25) is 0 Å². The summed E-state index contributed by atoms with van der Waals surface area (Å²) in [7, 11) is 1.58. The predicted octanol–water partition coefficient (Wildman–Crippen LogP) is 5.44. The molecule has 6 heteroatoms.